The van der Waals surface area contributed by atoms with E-state index in [1.807, 2.05) is 0 Å². The van der Waals surface area contributed by atoms with Gasteiger partial charge in [-0.25, -0.2) is 0 Å². The van der Waals surface area contributed by atoms with E-state index < -0.39 is 0 Å². The van der Waals surface area contributed by atoms with Gasteiger partial charge >= 0.3 is 0 Å². The Hall–Kier alpha value is 0.170. The van der Waals surface area contributed by atoms with E-state index in [0.717, 1.165) is 5.92 Å². The molecule has 0 saturated heterocycles. The number of hydrogen-bond donors (Lipinski definition) is 0. The Balaban J connectivity index is 3.39. The summed E-state index contributed by atoms with van der Waals surface area (Å²) in [6.45, 7) is 6.76. The van der Waals surface area contributed by atoms with E-state index in [1.54, 1.807) is 0 Å². The third-order valence-corrected chi connectivity index (χ3v) is 2.44. The maximum atomic E-state index is 2.90. The average molecular weight is 186 g/mol. The molecule has 0 bridgehead atoms. The SMILES string of the molecule is CCCCC(P)C=CCC(C)C. The van der Waals surface area contributed by atoms with Gasteiger partial charge in [0, 0.05) is 0 Å². The zero-order valence-electron chi connectivity index (χ0n) is 8.72. The number of allylic oxidation sites excluding steroid dienone is 2. The lowest BCUT2D eigenvalue weighted by molar-refractivity contribution is 0.660. The molecule has 0 spiro atoms. The summed E-state index contributed by atoms with van der Waals surface area (Å²) in [4.78, 5) is 0. The van der Waals surface area contributed by atoms with Gasteiger partial charge in [0.25, 0.3) is 0 Å². The smallest absolute Gasteiger partial charge is 0.00857 e. The third kappa shape index (κ3) is 8.27. The lowest BCUT2D eigenvalue weighted by Crippen LogP contribution is -1.92. The van der Waals surface area contributed by atoms with E-state index in [9.17, 15) is 0 Å². The number of rotatable bonds is 6. The van der Waals surface area contributed by atoms with Crippen LogP contribution in [-0.2, 0) is 0 Å². The van der Waals surface area contributed by atoms with Crippen molar-refractivity contribution in [1.82, 2.24) is 0 Å². The predicted molar refractivity (Wildman–Crippen MR) is 61.6 cm³/mol. The van der Waals surface area contributed by atoms with Crippen molar-refractivity contribution in [2.24, 2.45) is 5.92 Å². The summed E-state index contributed by atoms with van der Waals surface area (Å²) < 4.78 is 0. The van der Waals surface area contributed by atoms with Crippen molar-refractivity contribution in [3.8, 4) is 0 Å². The molecule has 0 aliphatic carbocycles. The molecule has 0 aliphatic heterocycles. The molecular formula is C11H23P. The van der Waals surface area contributed by atoms with Crippen molar-refractivity contribution in [2.75, 3.05) is 0 Å². The van der Waals surface area contributed by atoms with Crippen LogP contribution in [-0.4, -0.2) is 5.66 Å². The first kappa shape index (κ1) is 12.2. The van der Waals surface area contributed by atoms with Crippen molar-refractivity contribution in [3.63, 3.8) is 0 Å². The Morgan fingerprint density at radius 2 is 2.00 bits per heavy atom. The summed E-state index contributed by atoms with van der Waals surface area (Å²) in [6.07, 6.45) is 9.84. The average Bonchev–Trinajstić information content (AvgIpc) is 2.00. The fraction of sp³-hybridized carbons (Fsp3) is 0.818. The van der Waals surface area contributed by atoms with Crippen LogP contribution in [0.3, 0.4) is 0 Å². The van der Waals surface area contributed by atoms with Gasteiger partial charge in [-0.15, -0.1) is 9.24 Å². The lowest BCUT2D eigenvalue weighted by atomic mass is 10.1. The summed E-state index contributed by atoms with van der Waals surface area (Å²) in [5, 5.41) is 0. The summed E-state index contributed by atoms with van der Waals surface area (Å²) in [5.41, 5.74) is 0.698. The minimum atomic E-state index is 0.698. The minimum absolute atomic E-state index is 0.698. The van der Waals surface area contributed by atoms with Crippen LogP contribution in [0.5, 0.6) is 0 Å². The first-order valence-electron chi connectivity index (χ1n) is 5.09. The van der Waals surface area contributed by atoms with Crippen LogP contribution in [0.25, 0.3) is 0 Å². The predicted octanol–water partition coefficient (Wildman–Crippen LogP) is 4.02. The molecule has 0 amide bonds. The molecule has 0 heterocycles. The zero-order valence-corrected chi connectivity index (χ0v) is 9.87. The normalized spacial score (nSPS) is 14.4. The van der Waals surface area contributed by atoms with Gasteiger partial charge in [0.05, 0.1) is 0 Å². The molecule has 72 valence electrons. The summed E-state index contributed by atoms with van der Waals surface area (Å²) >= 11 is 0. The van der Waals surface area contributed by atoms with Crippen LogP contribution in [0.2, 0.25) is 0 Å². The Labute approximate surface area is 80.0 Å². The molecular weight excluding hydrogens is 163 g/mol. The van der Waals surface area contributed by atoms with E-state index in [-0.39, 0.29) is 0 Å². The minimum Gasteiger partial charge on any atom is -0.130 e. The van der Waals surface area contributed by atoms with Crippen molar-refractivity contribution in [1.29, 1.82) is 0 Å². The van der Waals surface area contributed by atoms with Gasteiger partial charge in [-0.05, 0) is 24.4 Å². The molecule has 0 aromatic heterocycles. The number of hydrogen-bond acceptors (Lipinski definition) is 0. The molecule has 0 nitrogen and oxygen atoms in total. The zero-order chi connectivity index (χ0) is 9.40. The fourth-order valence-corrected chi connectivity index (χ4v) is 1.45. The van der Waals surface area contributed by atoms with Crippen LogP contribution in [0.4, 0.5) is 0 Å². The van der Waals surface area contributed by atoms with Crippen LogP contribution < -0.4 is 0 Å². The van der Waals surface area contributed by atoms with Crippen molar-refractivity contribution < 1.29 is 0 Å². The molecule has 0 N–H and O–H groups in total. The summed E-state index contributed by atoms with van der Waals surface area (Å²) in [5.74, 6) is 0.796. The van der Waals surface area contributed by atoms with Crippen LogP contribution >= 0.6 is 9.24 Å². The Bertz CT molecular complexity index is 116. The monoisotopic (exact) mass is 186 g/mol. The quantitative estimate of drug-likeness (QED) is 0.434. The summed E-state index contributed by atoms with van der Waals surface area (Å²) in [6, 6.07) is 0. The van der Waals surface area contributed by atoms with E-state index >= 15 is 0 Å². The topological polar surface area (TPSA) is 0 Å². The van der Waals surface area contributed by atoms with E-state index in [4.69, 9.17) is 0 Å². The third-order valence-electron chi connectivity index (χ3n) is 1.88. The molecule has 0 saturated carbocycles. The largest absolute Gasteiger partial charge is 0.130 e. The highest BCUT2D eigenvalue weighted by atomic mass is 31.0. The second-order valence-electron chi connectivity index (χ2n) is 3.86. The molecule has 0 radical (unpaired) electrons. The van der Waals surface area contributed by atoms with Crippen LogP contribution in [0.15, 0.2) is 12.2 Å². The second kappa shape index (κ2) is 7.80. The van der Waals surface area contributed by atoms with Gasteiger partial charge in [-0.1, -0.05) is 45.8 Å². The summed E-state index contributed by atoms with van der Waals surface area (Å²) in [7, 11) is 2.90. The molecule has 0 aliphatic rings. The molecule has 12 heavy (non-hydrogen) atoms. The molecule has 2 unspecified atom stereocenters. The standard InChI is InChI=1S/C11H23P/c1-4-5-8-11(12)9-6-7-10(2)3/h6,9-11H,4-5,7-8,12H2,1-3H3. The second-order valence-corrected chi connectivity index (χ2v) is 4.72. The van der Waals surface area contributed by atoms with Crippen molar-refractivity contribution in [3.05, 3.63) is 12.2 Å². The van der Waals surface area contributed by atoms with Gasteiger partial charge in [0.15, 0.2) is 0 Å². The molecule has 0 fully saturated rings. The fourth-order valence-electron chi connectivity index (χ4n) is 1.06. The van der Waals surface area contributed by atoms with Gasteiger partial charge < -0.3 is 0 Å². The Morgan fingerprint density at radius 1 is 1.33 bits per heavy atom. The molecule has 0 aromatic rings. The van der Waals surface area contributed by atoms with Gasteiger partial charge in [0.2, 0.25) is 0 Å². The van der Waals surface area contributed by atoms with Crippen LogP contribution in [0.1, 0.15) is 46.5 Å². The van der Waals surface area contributed by atoms with Crippen molar-refractivity contribution >= 4 is 9.24 Å². The van der Waals surface area contributed by atoms with E-state index in [1.165, 1.54) is 25.7 Å². The van der Waals surface area contributed by atoms with Crippen molar-refractivity contribution in [2.45, 2.75) is 52.1 Å². The van der Waals surface area contributed by atoms with Gasteiger partial charge in [0.1, 0.15) is 0 Å². The molecule has 0 aromatic carbocycles. The first-order valence-corrected chi connectivity index (χ1v) is 5.75. The van der Waals surface area contributed by atoms with E-state index in [2.05, 4.69) is 42.2 Å². The maximum absolute atomic E-state index is 2.90. The highest BCUT2D eigenvalue weighted by molar-refractivity contribution is 7.17. The maximum Gasteiger partial charge on any atom is -0.00857 e. The van der Waals surface area contributed by atoms with Gasteiger partial charge in [-0.3, -0.25) is 0 Å². The van der Waals surface area contributed by atoms with Crippen LogP contribution in [0, 0.1) is 5.92 Å². The molecule has 1 heteroatoms. The Morgan fingerprint density at radius 3 is 2.50 bits per heavy atom. The Kier molecular flexibility index (Phi) is 7.91. The highest BCUT2D eigenvalue weighted by Gasteiger charge is 1.95. The lowest BCUT2D eigenvalue weighted by Gasteiger charge is -2.04. The molecule has 2 atom stereocenters. The number of unbranched alkanes of at least 4 members (excludes halogenated alkanes) is 1. The van der Waals surface area contributed by atoms with E-state index in [0.29, 0.717) is 5.66 Å². The highest BCUT2D eigenvalue weighted by Crippen LogP contribution is 2.12. The molecule has 0 rings (SSSR count). The van der Waals surface area contributed by atoms with Gasteiger partial charge in [-0.2, -0.15) is 0 Å². The first-order chi connectivity index (χ1) is 5.66.